The third-order valence-electron chi connectivity index (χ3n) is 2.90. The lowest BCUT2D eigenvalue weighted by Gasteiger charge is -2.14. The molecule has 0 aliphatic carbocycles. The normalized spacial score (nSPS) is 11.2. The maximum Gasteiger partial charge on any atom is 0.416 e. The molecule has 0 bridgehead atoms. The third kappa shape index (κ3) is 2.66. The molecule has 0 N–H and O–H groups in total. The quantitative estimate of drug-likeness (QED) is 0.788. The van der Waals surface area contributed by atoms with Crippen molar-refractivity contribution in [2.75, 3.05) is 7.11 Å². The van der Waals surface area contributed by atoms with Crippen LogP contribution in [-0.4, -0.2) is 13.4 Å². The van der Waals surface area contributed by atoms with Gasteiger partial charge in [-0.2, -0.15) is 13.2 Å². The summed E-state index contributed by atoms with van der Waals surface area (Å²) >= 11 is 0. The summed E-state index contributed by atoms with van der Waals surface area (Å²) in [6.07, 6.45) is -3.84. The van der Waals surface area contributed by atoms with Gasteiger partial charge < -0.3 is 4.74 Å². The average molecular weight is 280 g/mol. The van der Waals surface area contributed by atoms with Crippen LogP contribution in [0.25, 0.3) is 11.1 Å². The average Bonchev–Trinajstić information content (AvgIpc) is 2.45. The summed E-state index contributed by atoms with van der Waals surface area (Å²) in [6.45, 7) is 0. The molecule has 0 aromatic heterocycles. The maximum atomic E-state index is 12.8. The minimum absolute atomic E-state index is 0.241. The van der Waals surface area contributed by atoms with Gasteiger partial charge in [0.25, 0.3) is 0 Å². The molecule has 2 aromatic carbocycles. The number of hydrogen-bond donors (Lipinski definition) is 0. The van der Waals surface area contributed by atoms with E-state index in [1.165, 1.54) is 13.2 Å². The molecule has 0 atom stereocenters. The van der Waals surface area contributed by atoms with Gasteiger partial charge in [-0.3, -0.25) is 4.79 Å². The SMILES string of the molecule is COc1ccc(C(F)(F)F)cc1-c1ccccc1C=O. The van der Waals surface area contributed by atoms with Crippen molar-refractivity contribution >= 4 is 6.29 Å². The largest absolute Gasteiger partial charge is 0.496 e. The first-order valence-electron chi connectivity index (χ1n) is 5.77. The van der Waals surface area contributed by atoms with Crippen molar-refractivity contribution in [3.8, 4) is 16.9 Å². The second kappa shape index (κ2) is 5.36. The second-order valence-corrected chi connectivity index (χ2v) is 4.12. The molecule has 5 heteroatoms. The Morgan fingerprint density at radius 2 is 1.75 bits per heavy atom. The molecule has 0 aliphatic rings. The van der Waals surface area contributed by atoms with Gasteiger partial charge in [0.05, 0.1) is 12.7 Å². The van der Waals surface area contributed by atoms with Crippen LogP contribution >= 0.6 is 0 Å². The molecule has 0 unspecified atom stereocenters. The minimum Gasteiger partial charge on any atom is -0.496 e. The molecule has 0 saturated heterocycles. The number of benzene rings is 2. The number of methoxy groups -OCH3 is 1. The number of carbonyl (C=O) groups is 1. The first-order valence-corrected chi connectivity index (χ1v) is 5.77. The molecule has 2 nitrogen and oxygen atoms in total. The lowest BCUT2D eigenvalue weighted by Crippen LogP contribution is -2.05. The Labute approximate surface area is 113 Å². The molecular formula is C15H11F3O2. The zero-order chi connectivity index (χ0) is 14.8. The lowest BCUT2D eigenvalue weighted by atomic mass is 9.97. The van der Waals surface area contributed by atoms with Crippen LogP contribution in [0.2, 0.25) is 0 Å². The van der Waals surface area contributed by atoms with Crippen molar-refractivity contribution in [2.24, 2.45) is 0 Å². The predicted molar refractivity (Wildman–Crippen MR) is 68.8 cm³/mol. The first-order chi connectivity index (χ1) is 9.47. The van der Waals surface area contributed by atoms with E-state index in [0.29, 0.717) is 17.4 Å². The Kier molecular flexibility index (Phi) is 3.79. The molecule has 0 spiro atoms. The van der Waals surface area contributed by atoms with Crippen molar-refractivity contribution in [1.82, 2.24) is 0 Å². The lowest BCUT2D eigenvalue weighted by molar-refractivity contribution is -0.137. The summed E-state index contributed by atoms with van der Waals surface area (Å²) in [6, 6.07) is 9.62. The monoisotopic (exact) mass is 280 g/mol. The van der Waals surface area contributed by atoms with Gasteiger partial charge in [0.15, 0.2) is 6.29 Å². The van der Waals surface area contributed by atoms with E-state index in [1.54, 1.807) is 24.3 Å². The fraction of sp³-hybridized carbons (Fsp3) is 0.133. The highest BCUT2D eigenvalue weighted by Gasteiger charge is 2.31. The van der Waals surface area contributed by atoms with E-state index in [9.17, 15) is 18.0 Å². The smallest absolute Gasteiger partial charge is 0.416 e. The molecule has 0 aliphatic heterocycles. The molecule has 104 valence electrons. The van der Waals surface area contributed by atoms with Gasteiger partial charge in [-0.1, -0.05) is 24.3 Å². The Balaban J connectivity index is 2.68. The van der Waals surface area contributed by atoms with E-state index in [2.05, 4.69) is 0 Å². The van der Waals surface area contributed by atoms with Gasteiger partial charge in [-0.15, -0.1) is 0 Å². The highest BCUT2D eigenvalue weighted by Crippen LogP contribution is 2.37. The van der Waals surface area contributed by atoms with E-state index in [1.807, 2.05) is 0 Å². The summed E-state index contributed by atoms with van der Waals surface area (Å²) in [7, 11) is 1.37. The van der Waals surface area contributed by atoms with Crippen LogP contribution in [0.5, 0.6) is 5.75 Å². The summed E-state index contributed by atoms with van der Waals surface area (Å²) in [5.41, 5.74) is 0.176. The van der Waals surface area contributed by atoms with Crippen LogP contribution in [0.3, 0.4) is 0 Å². The fourth-order valence-corrected chi connectivity index (χ4v) is 1.94. The number of aldehydes is 1. The van der Waals surface area contributed by atoms with Gasteiger partial charge in [0.2, 0.25) is 0 Å². The van der Waals surface area contributed by atoms with E-state index >= 15 is 0 Å². The van der Waals surface area contributed by atoms with E-state index in [0.717, 1.165) is 12.1 Å². The van der Waals surface area contributed by atoms with Crippen molar-refractivity contribution < 1.29 is 22.7 Å². The van der Waals surface area contributed by atoms with E-state index < -0.39 is 11.7 Å². The van der Waals surface area contributed by atoms with Crippen LogP contribution in [0.15, 0.2) is 42.5 Å². The fourth-order valence-electron chi connectivity index (χ4n) is 1.94. The Hall–Kier alpha value is -2.30. The van der Waals surface area contributed by atoms with Crippen LogP contribution in [-0.2, 0) is 6.18 Å². The maximum absolute atomic E-state index is 12.8. The van der Waals surface area contributed by atoms with E-state index in [-0.39, 0.29) is 11.3 Å². The molecule has 0 heterocycles. The Morgan fingerprint density at radius 3 is 2.35 bits per heavy atom. The molecule has 0 radical (unpaired) electrons. The van der Waals surface area contributed by atoms with Gasteiger partial charge in [0.1, 0.15) is 5.75 Å². The molecule has 0 amide bonds. The molecule has 2 rings (SSSR count). The zero-order valence-electron chi connectivity index (χ0n) is 10.6. The van der Waals surface area contributed by atoms with Crippen molar-refractivity contribution in [3.05, 3.63) is 53.6 Å². The molecule has 0 saturated carbocycles. The number of rotatable bonds is 3. The van der Waals surface area contributed by atoms with Gasteiger partial charge in [-0.25, -0.2) is 0 Å². The molecule has 0 fully saturated rings. The summed E-state index contributed by atoms with van der Waals surface area (Å²) in [5.74, 6) is 0.285. The molecule has 2 aromatic rings. The highest BCUT2D eigenvalue weighted by atomic mass is 19.4. The van der Waals surface area contributed by atoms with Crippen LogP contribution in [0, 0.1) is 0 Å². The van der Waals surface area contributed by atoms with Crippen LogP contribution in [0.4, 0.5) is 13.2 Å². The standard InChI is InChI=1S/C15H11F3O2/c1-20-14-7-6-11(15(16,17)18)8-13(14)12-5-3-2-4-10(12)9-19/h2-9H,1H3. The third-order valence-corrected chi connectivity index (χ3v) is 2.90. The van der Waals surface area contributed by atoms with Gasteiger partial charge in [0, 0.05) is 11.1 Å². The molecular weight excluding hydrogens is 269 g/mol. The topological polar surface area (TPSA) is 26.3 Å². The number of alkyl halides is 3. The van der Waals surface area contributed by atoms with Crippen LogP contribution < -0.4 is 4.74 Å². The number of carbonyl (C=O) groups excluding carboxylic acids is 1. The summed E-state index contributed by atoms with van der Waals surface area (Å²) in [4.78, 5) is 11.0. The van der Waals surface area contributed by atoms with Gasteiger partial charge >= 0.3 is 6.18 Å². The van der Waals surface area contributed by atoms with Crippen LogP contribution in [0.1, 0.15) is 15.9 Å². The Morgan fingerprint density at radius 1 is 1.05 bits per heavy atom. The Bertz CT molecular complexity index is 633. The van der Waals surface area contributed by atoms with E-state index in [4.69, 9.17) is 4.74 Å². The molecule has 20 heavy (non-hydrogen) atoms. The van der Waals surface area contributed by atoms with Crippen molar-refractivity contribution in [1.29, 1.82) is 0 Å². The predicted octanol–water partition coefficient (Wildman–Crippen LogP) is 4.19. The summed E-state index contributed by atoms with van der Waals surface area (Å²) < 4.78 is 43.5. The van der Waals surface area contributed by atoms with Crippen molar-refractivity contribution in [3.63, 3.8) is 0 Å². The highest BCUT2D eigenvalue weighted by molar-refractivity contribution is 5.89. The zero-order valence-corrected chi connectivity index (χ0v) is 10.6. The van der Waals surface area contributed by atoms with Crippen molar-refractivity contribution in [2.45, 2.75) is 6.18 Å². The van der Waals surface area contributed by atoms with Gasteiger partial charge in [-0.05, 0) is 23.8 Å². The second-order valence-electron chi connectivity index (χ2n) is 4.12. The number of ether oxygens (including phenoxy) is 1. The summed E-state index contributed by atoms with van der Waals surface area (Å²) in [5, 5.41) is 0. The first kappa shape index (κ1) is 14.1. The minimum atomic E-state index is -4.45. The number of hydrogen-bond acceptors (Lipinski definition) is 2. The number of halogens is 3.